The molecule has 114 valence electrons. The number of halogens is 1. The zero-order valence-electron chi connectivity index (χ0n) is 11.7. The highest BCUT2D eigenvalue weighted by Gasteiger charge is 2.07. The molecule has 1 heterocycles. The Morgan fingerprint density at radius 1 is 1.13 bits per heavy atom. The number of nitrogens with one attached hydrogen (secondary N) is 1. The molecule has 0 saturated carbocycles. The summed E-state index contributed by atoms with van der Waals surface area (Å²) in [6.07, 6.45) is 1.47. The molecule has 1 aromatic heterocycles. The quantitative estimate of drug-likeness (QED) is 0.448. The van der Waals surface area contributed by atoms with Crippen molar-refractivity contribution in [2.24, 2.45) is 5.10 Å². The number of hydrogen-bond donors (Lipinski definition) is 1. The molecule has 0 bridgehead atoms. The van der Waals surface area contributed by atoms with Crippen molar-refractivity contribution in [2.75, 3.05) is 5.43 Å². The van der Waals surface area contributed by atoms with Crippen LogP contribution in [0.4, 0.5) is 11.5 Å². The lowest BCUT2D eigenvalue weighted by Gasteiger charge is -2.04. The minimum atomic E-state index is -0.455. The maximum Gasteiger partial charge on any atom is 0.270 e. The van der Waals surface area contributed by atoms with E-state index < -0.39 is 4.92 Å². The summed E-state index contributed by atoms with van der Waals surface area (Å²) in [5.41, 5.74) is 3.38. The average Bonchev–Trinajstić information content (AvgIpc) is 2.57. The molecule has 7 nitrogen and oxygen atoms in total. The van der Waals surface area contributed by atoms with Gasteiger partial charge in [0.25, 0.3) is 5.69 Å². The molecule has 0 aliphatic heterocycles. The molecule has 0 unspecified atom stereocenters. The van der Waals surface area contributed by atoms with Crippen LogP contribution in [0.5, 0.6) is 0 Å². The molecular weight excluding hydrogens is 318 g/mol. The topological polar surface area (TPSA) is 93.3 Å². The van der Waals surface area contributed by atoms with E-state index in [0.717, 1.165) is 10.8 Å². The monoisotopic (exact) mass is 327 g/mol. The Hall–Kier alpha value is -3.06. The summed E-state index contributed by atoms with van der Waals surface area (Å²) in [5, 5.41) is 24.5. The standard InChI is InChI=1S/C15H10ClN5O2/c16-14-12-6-1-2-7-13(12)15(20-18-14)19-17-9-10-4-3-5-11(8-10)21(22)23/h1-9H,(H,19,20). The smallest absolute Gasteiger partial charge is 0.259 e. The molecule has 0 aliphatic carbocycles. The average molecular weight is 328 g/mol. The number of rotatable bonds is 4. The van der Waals surface area contributed by atoms with Gasteiger partial charge in [0.1, 0.15) is 0 Å². The first kappa shape index (κ1) is 14.9. The van der Waals surface area contributed by atoms with Crippen LogP contribution in [-0.2, 0) is 0 Å². The molecule has 0 spiro atoms. The summed E-state index contributed by atoms with van der Waals surface area (Å²) in [6, 6.07) is 13.5. The first-order chi connectivity index (χ1) is 11.1. The van der Waals surface area contributed by atoms with Crippen LogP contribution < -0.4 is 5.43 Å². The van der Waals surface area contributed by atoms with Gasteiger partial charge in [-0.05, 0) is 0 Å². The van der Waals surface area contributed by atoms with Gasteiger partial charge >= 0.3 is 0 Å². The van der Waals surface area contributed by atoms with E-state index in [1.807, 2.05) is 24.3 Å². The summed E-state index contributed by atoms with van der Waals surface area (Å²) < 4.78 is 0. The Morgan fingerprint density at radius 2 is 1.91 bits per heavy atom. The molecule has 1 N–H and O–H groups in total. The summed E-state index contributed by atoms with van der Waals surface area (Å²) in [5.74, 6) is 0.451. The first-order valence-electron chi connectivity index (χ1n) is 6.59. The Labute approximate surface area is 135 Å². The summed E-state index contributed by atoms with van der Waals surface area (Å²) >= 11 is 6.00. The third kappa shape index (κ3) is 3.24. The highest BCUT2D eigenvalue weighted by molar-refractivity contribution is 6.34. The van der Waals surface area contributed by atoms with Gasteiger partial charge in [0.2, 0.25) is 0 Å². The summed E-state index contributed by atoms with van der Waals surface area (Å²) in [4.78, 5) is 10.3. The van der Waals surface area contributed by atoms with E-state index in [-0.39, 0.29) is 5.69 Å². The Kier molecular flexibility index (Phi) is 4.11. The number of nitro benzene ring substituents is 1. The van der Waals surface area contributed by atoms with E-state index in [9.17, 15) is 10.1 Å². The van der Waals surface area contributed by atoms with Crippen LogP contribution in [0.25, 0.3) is 10.8 Å². The molecule has 0 saturated heterocycles. The molecule has 0 amide bonds. The SMILES string of the molecule is O=[N+]([O-])c1cccc(C=NNc2nnc(Cl)c3ccccc23)c1. The second-order valence-corrected chi connectivity index (χ2v) is 4.97. The fourth-order valence-electron chi connectivity index (χ4n) is 2.04. The van der Waals surface area contributed by atoms with E-state index in [0.29, 0.717) is 16.5 Å². The molecule has 8 heteroatoms. The van der Waals surface area contributed by atoms with Gasteiger partial charge in [0.05, 0.1) is 11.1 Å². The van der Waals surface area contributed by atoms with E-state index in [4.69, 9.17) is 11.6 Å². The van der Waals surface area contributed by atoms with Crippen LogP contribution in [0.15, 0.2) is 53.6 Å². The minimum absolute atomic E-state index is 0.00526. The largest absolute Gasteiger partial charge is 0.270 e. The van der Waals surface area contributed by atoms with Crippen molar-refractivity contribution in [3.63, 3.8) is 0 Å². The normalized spacial score (nSPS) is 11.0. The predicted octanol–water partition coefficient (Wildman–Crippen LogP) is 3.64. The number of non-ortho nitro benzene ring substituents is 1. The van der Waals surface area contributed by atoms with Crippen LogP contribution in [0.1, 0.15) is 5.56 Å². The fourth-order valence-corrected chi connectivity index (χ4v) is 2.24. The van der Waals surface area contributed by atoms with E-state index >= 15 is 0 Å². The lowest BCUT2D eigenvalue weighted by molar-refractivity contribution is -0.384. The predicted molar refractivity (Wildman–Crippen MR) is 88.9 cm³/mol. The van der Waals surface area contributed by atoms with Crippen LogP contribution in [0.2, 0.25) is 5.15 Å². The van der Waals surface area contributed by atoms with E-state index in [1.165, 1.54) is 18.3 Å². The van der Waals surface area contributed by atoms with Gasteiger partial charge in [0.15, 0.2) is 11.0 Å². The van der Waals surface area contributed by atoms with Crippen molar-refractivity contribution in [2.45, 2.75) is 0 Å². The molecule has 0 radical (unpaired) electrons. The zero-order chi connectivity index (χ0) is 16.2. The molecule has 3 aromatic rings. The van der Waals surface area contributed by atoms with Gasteiger partial charge in [-0.15, -0.1) is 10.2 Å². The van der Waals surface area contributed by atoms with Crippen molar-refractivity contribution in [1.82, 2.24) is 10.2 Å². The van der Waals surface area contributed by atoms with Gasteiger partial charge in [-0.2, -0.15) is 5.10 Å². The van der Waals surface area contributed by atoms with Gasteiger partial charge in [-0.25, -0.2) is 0 Å². The molecule has 2 aromatic carbocycles. The number of benzene rings is 2. The highest BCUT2D eigenvalue weighted by Crippen LogP contribution is 2.25. The van der Waals surface area contributed by atoms with Gasteiger partial charge < -0.3 is 0 Å². The number of nitrogens with zero attached hydrogens (tertiary/aromatic N) is 4. The third-order valence-corrected chi connectivity index (χ3v) is 3.39. The van der Waals surface area contributed by atoms with E-state index in [2.05, 4.69) is 20.7 Å². The van der Waals surface area contributed by atoms with Crippen LogP contribution in [-0.4, -0.2) is 21.3 Å². The molecular formula is C15H10ClN5O2. The van der Waals surface area contributed by atoms with Crippen molar-refractivity contribution in [3.8, 4) is 0 Å². The number of hydrogen-bond acceptors (Lipinski definition) is 6. The number of fused-ring (bicyclic) bond motifs is 1. The number of nitro groups is 1. The van der Waals surface area contributed by atoms with Gasteiger partial charge in [-0.3, -0.25) is 15.5 Å². The fraction of sp³-hybridized carbons (Fsp3) is 0. The highest BCUT2D eigenvalue weighted by atomic mass is 35.5. The minimum Gasteiger partial charge on any atom is -0.259 e. The summed E-state index contributed by atoms with van der Waals surface area (Å²) in [7, 11) is 0. The number of anilines is 1. The second-order valence-electron chi connectivity index (χ2n) is 4.61. The Bertz CT molecular complexity index is 913. The summed E-state index contributed by atoms with van der Waals surface area (Å²) in [6.45, 7) is 0. The van der Waals surface area contributed by atoms with E-state index in [1.54, 1.807) is 12.1 Å². The third-order valence-electron chi connectivity index (χ3n) is 3.11. The maximum absolute atomic E-state index is 10.7. The lowest BCUT2D eigenvalue weighted by atomic mass is 10.2. The van der Waals surface area contributed by atoms with Gasteiger partial charge in [-0.1, -0.05) is 48.0 Å². The van der Waals surface area contributed by atoms with Crippen molar-refractivity contribution >= 4 is 40.1 Å². The second kappa shape index (κ2) is 6.37. The van der Waals surface area contributed by atoms with Crippen molar-refractivity contribution < 1.29 is 4.92 Å². The Balaban J connectivity index is 1.85. The van der Waals surface area contributed by atoms with Crippen LogP contribution >= 0.6 is 11.6 Å². The van der Waals surface area contributed by atoms with Crippen LogP contribution in [0.3, 0.4) is 0 Å². The first-order valence-corrected chi connectivity index (χ1v) is 6.97. The molecule has 23 heavy (non-hydrogen) atoms. The molecule has 3 rings (SSSR count). The zero-order valence-corrected chi connectivity index (χ0v) is 12.4. The number of aromatic nitrogens is 2. The van der Waals surface area contributed by atoms with Gasteiger partial charge in [0, 0.05) is 28.5 Å². The molecule has 0 atom stereocenters. The molecule has 0 aliphatic rings. The lowest BCUT2D eigenvalue weighted by Crippen LogP contribution is -1.97. The molecule has 0 fully saturated rings. The van der Waals surface area contributed by atoms with Crippen LogP contribution in [0, 0.1) is 10.1 Å². The van der Waals surface area contributed by atoms with Crippen molar-refractivity contribution in [1.29, 1.82) is 0 Å². The Morgan fingerprint density at radius 3 is 2.70 bits per heavy atom. The maximum atomic E-state index is 10.7. The number of hydrazone groups is 1. The van der Waals surface area contributed by atoms with Crippen molar-refractivity contribution in [3.05, 3.63) is 69.4 Å².